The molecule has 3 fully saturated rings. The van der Waals surface area contributed by atoms with E-state index in [2.05, 4.69) is 24.6 Å². The topological polar surface area (TPSA) is 42.4 Å². The molecule has 3 aliphatic heterocycles. The van der Waals surface area contributed by atoms with Gasteiger partial charge in [-0.15, -0.1) is 6.58 Å². The second kappa shape index (κ2) is 8.45. The van der Waals surface area contributed by atoms with E-state index in [1.807, 2.05) is 30.5 Å². The van der Waals surface area contributed by atoms with Crippen molar-refractivity contribution in [1.82, 2.24) is 4.98 Å². The number of rotatable bonds is 8. The summed E-state index contributed by atoms with van der Waals surface area (Å²) < 4.78 is 6.49. The van der Waals surface area contributed by atoms with E-state index in [1.54, 1.807) is 7.11 Å². The van der Waals surface area contributed by atoms with Crippen molar-refractivity contribution in [3.8, 4) is 5.75 Å². The number of methoxy groups -OCH3 is 1. The maximum atomic E-state index is 11.7. The highest BCUT2D eigenvalue weighted by Crippen LogP contribution is 2.47. The molecule has 29 heavy (non-hydrogen) atoms. The molecule has 3 aliphatic rings. The number of hydrogen-bond donors (Lipinski definition) is 1. The number of quaternary nitrogens is 1. The molecule has 4 heterocycles. The second-order valence-corrected chi connectivity index (χ2v) is 9.03. The lowest BCUT2D eigenvalue weighted by Gasteiger charge is -2.58. The van der Waals surface area contributed by atoms with Crippen molar-refractivity contribution in [1.29, 1.82) is 0 Å². The molecule has 4 heteroatoms. The van der Waals surface area contributed by atoms with Gasteiger partial charge < -0.3 is 14.3 Å². The summed E-state index contributed by atoms with van der Waals surface area (Å²) in [6.45, 7) is 9.87. The number of aromatic nitrogens is 1. The maximum Gasteiger partial charge on any atom is 0.131 e. The van der Waals surface area contributed by atoms with E-state index < -0.39 is 6.10 Å². The van der Waals surface area contributed by atoms with Gasteiger partial charge in [-0.1, -0.05) is 19.4 Å². The SMILES string of the molecule is C=CC1C[N+]2(CCCCC)CCC1C[C@H]2[C@@H](O)c1ccnc2ccc(OC)cc12. The zero-order valence-corrected chi connectivity index (χ0v) is 17.9. The van der Waals surface area contributed by atoms with Gasteiger partial charge in [0.05, 0.1) is 32.3 Å². The molecule has 4 nitrogen and oxygen atoms in total. The third-order valence-corrected chi connectivity index (χ3v) is 7.55. The number of pyridine rings is 1. The number of aliphatic hydroxyl groups is 1. The van der Waals surface area contributed by atoms with E-state index in [-0.39, 0.29) is 6.04 Å². The van der Waals surface area contributed by atoms with E-state index in [0.29, 0.717) is 11.8 Å². The minimum absolute atomic E-state index is 0.249. The first-order chi connectivity index (χ1) is 14.1. The third-order valence-electron chi connectivity index (χ3n) is 7.55. The Morgan fingerprint density at radius 1 is 1.34 bits per heavy atom. The molecular weight excluding hydrogens is 360 g/mol. The van der Waals surface area contributed by atoms with Gasteiger partial charge in [0, 0.05) is 30.3 Å². The lowest BCUT2D eigenvalue weighted by molar-refractivity contribution is -0.973. The largest absolute Gasteiger partial charge is 0.497 e. The Hall–Kier alpha value is -1.91. The zero-order valence-electron chi connectivity index (χ0n) is 17.9. The van der Waals surface area contributed by atoms with Gasteiger partial charge in [0.15, 0.2) is 0 Å². The summed E-state index contributed by atoms with van der Waals surface area (Å²) in [6.07, 6.45) is 9.59. The first kappa shape index (κ1) is 20.4. The average Bonchev–Trinajstić information content (AvgIpc) is 2.78. The molecular formula is C25H35N2O2+. The van der Waals surface area contributed by atoms with Crippen molar-refractivity contribution in [2.45, 2.75) is 51.2 Å². The summed E-state index contributed by atoms with van der Waals surface area (Å²) in [4.78, 5) is 4.51. The van der Waals surface area contributed by atoms with E-state index >= 15 is 0 Å². The van der Waals surface area contributed by atoms with Gasteiger partial charge in [-0.2, -0.15) is 0 Å². The highest BCUT2D eigenvalue weighted by molar-refractivity contribution is 5.83. The summed E-state index contributed by atoms with van der Waals surface area (Å²) in [7, 11) is 1.68. The fraction of sp³-hybridized carbons (Fsp3) is 0.560. The molecule has 3 unspecified atom stereocenters. The molecule has 1 N–H and O–H groups in total. The zero-order chi connectivity index (χ0) is 20.4. The molecule has 0 aliphatic carbocycles. The summed E-state index contributed by atoms with van der Waals surface area (Å²) >= 11 is 0. The van der Waals surface area contributed by atoms with E-state index in [9.17, 15) is 5.11 Å². The fourth-order valence-electron chi connectivity index (χ4n) is 5.90. The van der Waals surface area contributed by atoms with Crippen LogP contribution in [0, 0.1) is 11.8 Å². The Bertz CT molecular complexity index is 867. The quantitative estimate of drug-likeness (QED) is 0.394. The van der Waals surface area contributed by atoms with Gasteiger partial charge in [0.1, 0.15) is 17.9 Å². The number of fused-ring (bicyclic) bond motifs is 4. The fourth-order valence-corrected chi connectivity index (χ4v) is 5.90. The van der Waals surface area contributed by atoms with Crippen LogP contribution in [0.4, 0.5) is 0 Å². The molecule has 5 rings (SSSR count). The number of unbranched alkanes of at least 4 members (excludes halogenated alkanes) is 2. The standard InChI is InChI=1S/C25H35N2O2/c1-4-6-7-13-27-14-11-19(18(5-2)17-27)15-24(27)25(28)21-10-12-26-23-9-8-20(29-3)16-22(21)23/h5,8-10,12,16,18-19,24-25,28H,2,4,6-7,11,13-15,17H2,1,3H3/q+1/t18?,19?,24-,25-,27?/m0/s1. The molecule has 2 bridgehead atoms. The Kier molecular flexibility index (Phi) is 5.93. The predicted octanol–water partition coefficient (Wildman–Crippen LogP) is 4.88. The van der Waals surface area contributed by atoms with Gasteiger partial charge in [-0.25, -0.2) is 0 Å². The molecule has 2 aromatic rings. The van der Waals surface area contributed by atoms with Gasteiger partial charge in [-0.3, -0.25) is 4.98 Å². The monoisotopic (exact) mass is 395 g/mol. The minimum atomic E-state index is -0.484. The number of aliphatic hydroxyl groups excluding tert-OH is 1. The predicted molar refractivity (Wildman–Crippen MR) is 118 cm³/mol. The summed E-state index contributed by atoms with van der Waals surface area (Å²) in [6, 6.07) is 8.19. The molecule has 0 saturated carbocycles. The first-order valence-corrected chi connectivity index (χ1v) is 11.2. The van der Waals surface area contributed by atoms with Gasteiger partial charge in [0.2, 0.25) is 0 Å². The van der Waals surface area contributed by atoms with E-state index in [0.717, 1.165) is 39.7 Å². The highest BCUT2D eigenvalue weighted by atomic mass is 16.5. The second-order valence-electron chi connectivity index (χ2n) is 9.03. The molecule has 156 valence electrons. The Morgan fingerprint density at radius 3 is 2.97 bits per heavy atom. The lowest BCUT2D eigenvalue weighted by Crippen LogP contribution is -2.68. The maximum absolute atomic E-state index is 11.7. The average molecular weight is 396 g/mol. The molecule has 1 aromatic carbocycles. The highest BCUT2D eigenvalue weighted by Gasteiger charge is 2.53. The molecule has 0 spiro atoms. The Balaban J connectivity index is 1.70. The van der Waals surface area contributed by atoms with Crippen LogP contribution in [0.5, 0.6) is 5.75 Å². The van der Waals surface area contributed by atoms with Crippen molar-refractivity contribution in [3.05, 3.63) is 48.7 Å². The van der Waals surface area contributed by atoms with Gasteiger partial charge >= 0.3 is 0 Å². The molecule has 1 aromatic heterocycles. The van der Waals surface area contributed by atoms with Crippen molar-refractivity contribution in [2.75, 3.05) is 26.7 Å². The van der Waals surface area contributed by atoms with Crippen LogP contribution in [0.25, 0.3) is 10.9 Å². The van der Waals surface area contributed by atoms with Crippen LogP contribution in [-0.4, -0.2) is 47.4 Å². The third kappa shape index (κ3) is 3.69. The van der Waals surface area contributed by atoms with Crippen LogP contribution < -0.4 is 4.74 Å². The van der Waals surface area contributed by atoms with Crippen molar-refractivity contribution < 1.29 is 14.3 Å². The van der Waals surface area contributed by atoms with Crippen LogP contribution in [0.2, 0.25) is 0 Å². The molecule has 0 amide bonds. The van der Waals surface area contributed by atoms with E-state index in [1.165, 1.54) is 38.8 Å². The van der Waals surface area contributed by atoms with E-state index in [4.69, 9.17) is 4.74 Å². The van der Waals surface area contributed by atoms with Crippen LogP contribution in [0.15, 0.2) is 43.1 Å². The number of ether oxygens (including phenoxy) is 1. The van der Waals surface area contributed by atoms with Crippen molar-refractivity contribution >= 4 is 10.9 Å². The first-order valence-electron chi connectivity index (χ1n) is 11.2. The summed E-state index contributed by atoms with van der Waals surface area (Å²) in [5, 5.41) is 12.7. The Morgan fingerprint density at radius 2 is 2.21 bits per heavy atom. The smallest absolute Gasteiger partial charge is 0.131 e. The lowest BCUT2D eigenvalue weighted by atomic mass is 9.71. The van der Waals surface area contributed by atoms with Crippen molar-refractivity contribution in [3.63, 3.8) is 0 Å². The normalized spacial score (nSPS) is 29.7. The van der Waals surface area contributed by atoms with Gasteiger partial charge in [-0.05, 0) is 48.6 Å². The van der Waals surface area contributed by atoms with Crippen LogP contribution >= 0.6 is 0 Å². The summed E-state index contributed by atoms with van der Waals surface area (Å²) in [5.74, 6) is 2.05. The summed E-state index contributed by atoms with van der Waals surface area (Å²) in [5.41, 5.74) is 1.91. The number of piperidine rings is 3. The number of hydrogen-bond acceptors (Lipinski definition) is 3. The van der Waals surface area contributed by atoms with Gasteiger partial charge in [0.25, 0.3) is 0 Å². The molecule has 3 saturated heterocycles. The van der Waals surface area contributed by atoms with Crippen LogP contribution in [-0.2, 0) is 0 Å². The molecule has 0 radical (unpaired) electrons. The molecule has 5 atom stereocenters. The number of benzene rings is 1. The number of nitrogens with zero attached hydrogens (tertiary/aromatic N) is 2. The van der Waals surface area contributed by atoms with Crippen LogP contribution in [0.3, 0.4) is 0 Å². The van der Waals surface area contributed by atoms with Crippen molar-refractivity contribution in [2.24, 2.45) is 11.8 Å². The van der Waals surface area contributed by atoms with Crippen LogP contribution in [0.1, 0.15) is 50.7 Å². The minimum Gasteiger partial charge on any atom is -0.497 e. The Labute approximate surface area is 174 Å².